The third-order valence-electron chi connectivity index (χ3n) is 3.44. The van der Waals surface area contributed by atoms with Gasteiger partial charge < -0.3 is 9.88 Å². The van der Waals surface area contributed by atoms with E-state index in [1.54, 1.807) is 0 Å². The van der Waals surface area contributed by atoms with Gasteiger partial charge in [-0.05, 0) is 45.7 Å². The third-order valence-corrected chi connectivity index (χ3v) is 3.44. The molecule has 1 N–H and O–H groups in total. The third kappa shape index (κ3) is 3.21. The number of nitrogens with one attached hydrogen (secondary N) is 1. The summed E-state index contributed by atoms with van der Waals surface area (Å²) in [5.41, 5.74) is 3.96. The van der Waals surface area contributed by atoms with Crippen LogP contribution in [0, 0.1) is 6.92 Å². The fourth-order valence-electron chi connectivity index (χ4n) is 2.47. The second-order valence-corrected chi connectivity index (χ2v) is 5.94. The van der Waals surface area contributed by atoms with Crippen molar-refractivity contribution in [1.82, 2.24) is 9.55 Å². The van der Waals surface area contributed by atoms with Crippen LogP contribution in [0.25, 0.3) is 0 Å². The van der Waals surface area contributed by atoms with Gasteiger partial charge in [-0.1, -0.05) is 24.3 Å². The molecular formula is C17H25N3. The van der Waals surface area contributed by atoms with Crippen LogP contribution in [0.5, 0.6) is 0 Å². The predicted molar refractivity (Wildman–Crippen MR) is 85.4 cm³/mol. The molecule has 0 bridgehead atoms. The van der Waals surface area contributed by atoms with Crippen molar-refractivity contribution in [3.63, 3.8) is 0 Å². The standard InChI is InChI=1S/C17H25N3/c1-12(2)19-17-18-11-16(20(17)13(3)4)10-15-9-7-6-8-14(15)5/h6-9,11-13H,10H2,1-5H3,(H,18,19). The molecule has 0 saturated carbocycles. The molecule has 0 aliphatic carbocycles. The zero-order valence-electron chi connectivity index (χ0n) is 13.1. The minimum atomic E-state index is 0.390. The number of aryl methyl sites for hydroxylation is 1. The molecular weight excluding hydrogens is 246 g/mol. The zero-order chi connectivity index (χ0) is 14.7. The second-order valence-electron chi connectivity index (χ2n) is 5.94. The normalized spacial score (nSPS) is 11.3. The number of benzene rings is 1. The lowest BCUT2D eigenvalue weighted by atomic mass is 10.0. The highest BCUT2D eigenvalue weighted by Gasteiger charge is 2.14. The van der Waals surface area contributed by atoms with Crippen LogP contribution in [0.3, 0.4) is 0 Å². The van der Waals surface area contributed by atoms with Gasteiger partial charge in [0.2, 0.25) is 5.95 Å². The summed E-state index contributed by atoms with van der Waals surface area (Å²) in [6.45, 7) is 10.8. The Kier molecular flexibility index (Phi) is 4.48. The Morgan fingerprint density at radius 2 is 1.85 bits per heavy atom. The van der Waals surface area contributed by atoms with Crippen LogP contribution in [0.15, 0.2) is 30.5 Å². The molecule has 0 fully saturated rings. The Morgan fingerprint density at radius 3 is 2.45 bits per heavy atom. The molecule has 0 amide bonds. The smallest absolute Gasteiger partial charge is 0.203 e. The van der Waals surface area contributed by atoms with E-state index in [1.165, 1.54) is 16.8 Å². The summed E-state index contributed by atoms with van der Waals surface area (Å²) in [7, 11) is 0. The van der Waals surface area contributed by atoms with Crippen molar-refractivity contribution in [1.29, 1.82) is 0 Å². The quantitative estimate of drug-likeness (QED) is 0.884. The average molecular weight is 271 g/mol. The Bertz CT molecular complexity index is 567. The van der Waals surface area contributed by atoms with E-state index in [0.29, 0.717) is 12.1 Å². The van der Waals surface area contributed by atoms with Crippen molar-refractivity contribution in [3.8, 4) is 0 Å². The summed E-state index contributed by atoms with van der Waals surface area (Å²) in [6.07, 6.45) is 2.93. The van der Waals surface area contributed by atoms with Crippen LogP contribution in [0.1, 0.15) is 50.6 Å². The first-order chi connectivity index (χ1) is 9.49. The van der Waals surface area contributed by atoms with Gasteiger partial charge >= 0.3 is 0 Å². The summed E-state index contributed by atoms with van der Waals surface area (Å²) in [4.78, 5) is 4.56. The van der Waals surface area contributed by atoms with E-state index < -0.39 is 0 Å². The SMILES string of the molecule is Cc1ccccc1Cc1cnc(NC(C)C)n1C(C)C. The van der Waals surface area contributed by atoms with Gasteiger partial charge in [-0.2, -0.15) is 0 Å². The predicted octanol–water partition coefficient (Wildman–Crippen LogP) is 4.18. The minimum Gasteiger partial charge on any atom is -0.353 e. The highest BCUT2D eigenvalue weighted by molar-refractivity contribution is 5.35. The molecule has 0 aliphatic rings. The van der Waals surface area contributed by atoms with Gasteiger partial charge in [-0.25, -0.2) is 4.98 Å². The first-order valence-electron chi connectivity index (χ1n) is 7.36. The Balaban J connectivity index is 2.32. The van der Waals surface area contributed by atoms with E-state index in [0.717, 1.165) is 12.4 Å². The summed E-state index contributed by atoms with van der Waals surface area (Å²) in [5, 5.41) is 3.43. The molecule has 0 saturated heterocycles. The van der Waals surface area contributed by atoms with Crippen molar-refractivity contribution >= 4 is 5.95 Å². The molecule has 0 radical (unpaired) electrons. The molecule has 0 spiro atoms. The van der Waals surface area contributed by atoms with Crippen LogP contribution in [0.4, 0.5) is 5.95 Å². The van der Waals surface area contributed by atoms with E-state index in [9.17, 15) is 0 Å². The van der Waals surface area contributed by atoms with Crippen LogP contribution < -0.4 is 5.32 Å². The van der Waals surface area contributed by atoms with Gasteiger partial charge in [-0.15, -0.1) is 0 Å². The lowest BCUT2D eigenvalue weighted by Gasteiger charge is -2.18. The van der Waals surface area contributed by atoms with Crippen molar-refractivity contribution in [2.75, 3.05) is 5.32 Å². The zero-order valence-corrected chi connectivity index (χ0v) is 13.1. The van der Waals surface area contributed by atoms with Gasteiger partial charge in [0.1, 0.15) is 0 Å². The Morgan fingerprint density at radius 1 is 1.15 bits per heavy atom. The lowest BCUT2D eigenvalue weighted by Crippen LogP contribution is -2.17. The van der Waals surface area contributed by atoms with E-state index in [-0.39, 0.29) is 0 Å². The molecule has 1 heterocycles. The highest BCUT2D eigenvalue weighted by atomic mass is 15.2. The molecule has 1 aromatic heterocycles. The van der Waals surface area contributed by atoms with Crippen LogP contribution in [0.2, 0.25) is 0 Å². The van der Waals surface area contributed by atoms with E-state index in [4.69, 9.17) is 0 Å². The second kappa shape index (κ2) is 6.12. The number of imidazole rings is 1. The monoisotopic (exact) mass is 271 g/mol. The van der Waals surface area contributed by atoms with Gasteiger partial charge in [0.15, 0.2) is 0 Å². The summed E-state index contributed by atoms with van der Waals surface area (Å²) in [6, 6.07) is 9.34. The highest BCUT2D eigenvalue weighted by Crippen LogP contribution is 2.22. The van der Waals surface area contributed by atoms with Crippen LogP contribution in [-0.2, 0) is 6.42 Å². The van der Waals surface area contributed by atoms with Crippen molar-refractivity contribution < 1.29 is 0 Å². The van der Waals surface area contributed by atoms with Crippen molar-refractivity contribution in [2.45, 2.75) is 53.1 Å². The first kappa shape index (κ1) is 14.6. The van der Waals surface area contributed by atoms with Crippen molar-refractivity contribution in [3.05, 3.63) is 47.3 Å². The maximum atomic E-state index is 4.56. The largest absolute Gasteiger partial charge is 0.353 e. The summed E-state index contributed by atoms with van der Waals surface area (Å²) in [5.74, 6) is 0.971. The Labute approximate surface area is 122 Å². The molecule has 3 heteroatoms. The number of anilines is 1. The van der Waals surface area contributed by atoms with E-state index in [1.807, 2.05) is 6.20 Å². The summed E-state index contributed by atoms with van der Waals surface area (Å²) < 4.78 is 2.30. The molecule has 3 nitrogen and oxygen atoms in total. The molecule has 0 aliphatic heterocycles. The fraction of sp³-hybridized carbons (Fsp3) is 0.471. The lowest BCUT2D eigenvalue weighted by molar-refractivity contribution is 0.581. The number of rotatable bonds is 5. The molecule has 0 unspecified atom stereocenters. The van der Waals surface area contributed by atoms with Crippen molar-refractivity contribution in [2.24, 2.45) is 0 Å². The molecule has 2 aromatic rings. The van der Waals surface area contributed by atoms with Crippen LogP contribution in [-0.4, -0.2) is 15.6 Å². The van der Waals surface area contributed by atoms with Gasteiger partial charge in [-0.3, -0.25) is 0 Å². The topological polar surface area (TPSA) is 29.9 Å². The number of hydrogen-bond acceptors (Lipinski definition) is 2. The van der Waals surface area contributed by atoms with E-state index >= 15 is 0 Å². The maximum absolute atomic E-state index is 4.56. The molecule has 2 rings (SSSR count). The van der Waals surface area contributed by atoms with Gasteiger partial charge in [0.25, 0.3) is 0 Å². The maximum Gasteiger partial charge on any atom is 0.203 e. The Hall–Kier alpha value is -1.77. The number of aromatic nitrogens is 2. The van der Waals surface area contributed by atoms with E-state index in [2.05, 4.69) is 73.8 Å². The molecule has 1 aromatic carbocycles. The first-order valence-corrected chi connectivity index (χ1v) is 7.36. The number of nitrogens with zero attached hydrogens (tertiary/aromatic N) is 2. The molecule has 20 heavy (non-hydrogen) atoms. The van der Waals surface area contributed by atoms with Gasteiger partial charge in [0, 0.05) is 24.2 Å². The molecule has 0 atom stereocenters. The fourth-order valence-corrected chi connectivity index (χ4v) is 2.47. The van der Waals surface area contributed by atoms with Gasteiger partial charge in [0.05, 0.1) is 6.20 Å². The minimum absolute atomic E-state index is 0.390. The van der Waals surface area contributed by atoms with Crippen LogP contribution >= 0.6 is 0 Å². The molecule has 108 valence electrons. The number of hydrogen-bond donors (Lipinski definition) is 1. The average Bonchev–Trinajstić information content (AvgIpc) is 2.74. The summed E-state index contributed by atoms with van der Waals surface area (Å²) >= 11 is 0.